The second-order valence-electron chi connectivity index (χ2n) is 2.64. The minimum absolute atomic E-state index is 0.572. The zero-order valence-electron chi connectivity index (χ0n) is 7.97. The molecule has 0 unspecified atom stereocenters. The summed E-state index contributed by atoms with van der Waals surface area (Å²) < 4.78 is 0.933. The Labute approximate surface area is 102 Å². The van der Waals surface area contributed by atoms with E-state index in [9.17, 15) is 0 Å². The second kappa shape index (κ2) is 6.18. The third kappa shape index (κ3) is 5.16. The number of hydrogen-bond donors (Lipinski definition) is 2. The minimum atomic E-state index is 0.572. The molecule has 2 aromatic rings. The minimum Gasteiger partial charge on any atom is -0.384 e. The van der Waals surface area contributed by atoms with E-state index in [-0.39, 0.29) is 0 Å². The number of nitrogens with zero attached hydrogens (tertiary/aromatic N) is 2. The molecular weight excluding hydrogens is 303 g/mol. The van der Waals surface area contributed by atoms with Crippen molar-refractivity contribution in [2.45, 2.75) is 0 Å². The molecular formula is C10H11IN4. The molecule has 0 atom stereocenters. The van der Waals surface area contributed by atoms with Crippen LogP contribution in [0.15, 0.2) is 42.6 Å². The Morgan fingerprint density at radius 1 is 0.933 bits per heavy atom. The van der Waals surface area contributed by atoms with Gasteiger partial charge in [-0.1, -0.05) is 12.1 Å². The van der Waals surface area contributed by atoms with Crippen molar-refractivity contribution in [3.05, 3.63) is 46.3 Å². The summed E-state index contributed by atoms with van der Waals surface area (Å²) in [5, 5.41) is 0. The Bertz CT molecular complexity index is 388. The fourth-order valence-corrected chi connectivity index (χ4v) is 1.29. The first-order valence-electron chi connectivity index (χ1n) is 4.23. The topological polar surface area (TPSA) is 77.8 Å². The number of anilines is 2. The summed E-state index contributed by atoms with van der Waals surface area (Å²) in [5.74, 6) is 1.15. The summed E-state index contributed by atoms with van der Waals surface area (Å²) in [6, 6.07) is 11.0. The lowest BCUT2D eigenvalue weighted by Crippen LogP contribution is -1.89. The summed E-state index contributed by atoms with van der Waals surface area (Å²) in [6.07, 6.45) is 1.66. The van der Waals surface area contributed by atoms with Gasteiger partial charge in [0, 0.05) is 6.20 Å². The molecule has 78 valence electrons. The number of aromatic nitrogens is 2. The van der Waals surface area contributed by atoms with Crippen molar-refractivity contribution >= 4 is 34.2 Å². The maximum absolute atomic E-state index is 5.34. The van der Waals surface area contributed by atoms with E-state index in [2.05, 4.69) is 32.6 Å². The van der Waals surface area contributed by atoms with Crippen molar-refractivity contribution in [3.63, 3.8) is 0 Å². The highest BCUT2D eigenvalue weighted by Gasteiger charge is 1.84. The molecule has 2 heterocycles. The molecule has 0 aliphatic carbocycles. The zero-order chi connectivity index (χ0) is 11.1. The van der Waals surface area contributed by atoms with Gasteiger partial charge in [0.1, 0.15) is 15.3 Å². The molecule has 0 saturated heterocycles. The van der Waals surface area contributed by atoms with Crippen molar-refractivity contribution < 1.29 is 0 Å². The van der Waals surface area contributed by atoms with Crippen molar-refractivity contribution in [1.82, 2.24) is 9.97 Å². The summed E-state index contributed by atoms with van der Waals surface area (Å²) in [6.45, 7) is 0. The zero-order valence-corrected chi connectivity index (χ0v) is 10.1. The van der Waals surface area contributed by atoms with Gasteiger partial charge in [0.15, 0.2) is 0 Å². The first kappa shape index (κ1) is 11.7. The van der Waals surface area contributed by atoms with Crippen LogP contribution < -0.4 is 11.5 Å². The Morgan fingerprint density at radius 2 is 1.67 bits per heavy atom. The van der Waals surface area contributed by atoms with Gasteiger partial charge in [-0.05, 0) is 46.9 Å². The first-order chi connectivity index (χ1) is 7.18. The Balaban J connectivity index is 0.000000151. The Kier molecular flexibility index (Phi) is 4.82. The van der Waals surface area contributed by atoms with E-state index in [1.807, 2.05) is 24.3 Å². The predicted molar refractivity (Wildman–Crippen MR) is 70.0 cm³/mol. The van der Waals surface area contributed by atoms with Crippen molar-refractivity contribution in [2.24, 2.45) is 0 Å². The lowest BCUT2D eigenvalue weighted by molar-refractivity contribution is 1.28. The SMILES string of the molecule is Nc1cccc(I)n1.Nc1ccccn1. The normalized spacial score (nSPS) is 8.87. The van der Waals surface area contributed by atoms with Crippen LogP contribution in [-0.4, -0.2) is 9.97 Å². The summed E-state index contributed by atoms with van der Waals surface area (Å²) in [7, 11) is 0. The Morgan fingerprint density at radius 3 is 2.00 bits per heavy atom. The molecule has 0 saturated carbocycles. The molecule has 0 amide bonds. The first-order valence-corrected chi connectivity index (χ1v) is 5.31. The molecule has 0 radical (unpaired) electrons. The van der Waals surface area contributed by atoms with Gasteiger partial charge in [0.05, 0.1) is 0 Å². The average Bonchev–Trinajstić information content (AvgIpc) is 2.19. The van der Waals surface area contributed by atoms with Crippen molar-refractivity contribution in [3.8, 4) is 0 Å². The van der Waals surface area contributed by atoms with Crippen LogP contribution in [0.5, 0.6) is 0 Å². The molecule has 0 aliphatic rings. The lowest BCUT2D eigenvalue weighted by atomic mass is 10.5. The molecule has 0 aromatic carbocycles. The molecule has 0 bridgehead atoms. The molecule has 2 rings (SSSR count). The monoisotopic (exact) mass is 314 g/mol. The van der Waals surface area contributed by atoms with E-state index in [4.69, 9.17) is 11.5 Å². The molecule has 2 aromatic heterocycles. The third-order valence-corrected chi connectivity index (χ3v) is 2.03. The highest BCUT2D eigenvalue weighted by atomic mass is 127. The number of pyridine rings is 2. The van der Waals surface area contributed by atoms with Crippen LogP contribution >= 0.6 is 22.6 Å². The number of hydrogen-bond acceptors (Lipinski definition) is 4. The van der Waals surface area contributed by atoms with Crippen LogP contribution in [0.2, 0.25) is 0 Å². The van der Waals surface area contributed by atoms with E-state index in [0.717, 1.165) is 3.70 Å². The van der Waals surface area contributed by atoms with Gasteiger partial charge < -0.3 is 11.5 Å². The van der Waals surface area contributed by atoms with Crippen LogP contribution in [-0.2, 0) is 0 Å². The molecule has 15 heavy (non-hydrogen) atoms. The van der Waals surface area contributed by atoms with E-state index in [0.29, 0.717) is 11.6 Å². The van der Waals surface area contributed by atoms with Gasteiger partial charge in [-0.25, -0.2) is 9.97 Å². The average molecular weight is 314 g/mol. The predicted octanol–water partition coefficient (Wildman–Crippen LogP) is 1.93. The lowest BCUT2D eigenvalue weighted by Gasteiger charge is -1.88. The van der Waals surface area contributed by atoms with Gasteiger partial charge in [-0.15, -0.1) is 0 Å². The van der Waals surface area contributed by atoms with E-state index in [1.165, 1.54) is 0 Å². The molecule has 4 nitrogen and oxygen atoms in total. The number of nitrogen functional groups attached to an aromatic ring is 2. The van der Waals surface area contributed by atoms with Crippen LogP contribution in [0, 0.1) is 3.70 Å². The highest BCUT2D eigenvalue weighted by Crippen LogP contribution is 2.01. The largest absolute Gasteiger partial charge is 0.384 e. The van der Waals surface area contributed by atoms with Gasteiger partial charge in [-0.3, -0.25) is 0 Å². The standard InChI is InChI=1S/C5H5IN2.C5H6N2/c6-4-2-1-3-5(7)8-4;6-5-3-1-2-4-7-5/h1-3H,(H2,7,8);1-4H,(H2,6,7). The van der Waals surface area contributed by atoms with Gasteiger partial charge in [-0.2, -0.15) is 0 Å². The Hall–Kier alpha value is -1.37. The van der Waals surface area contributed by atoms with Crippen LogP contribution in [0.1, 0.15) is 0 Å². The smallest absolute Gasteiger partial charge is 0.124 e. The number of halogens is 1. The van der Waals surface area contributed by atoms with E-state index < -0.39 is 0 Å². The summed E-state index contributed by atoms with van der Waals surface area (Å²) in [5.41, 5.74) is 10.6. The van der Waals surface area contributed by atoms with Gasteiger partial charge in [0.2, 0.25) is 0 Å². The summed E-state index contributed by atoms with van der Waals surface area (Å²) >= 11 is 2.11. The van der Waals surface area contributed by atoms with E-state index in [1.54, 1.807) is 18.3 Å². The highest BCUT2D eigenvalue weighted by molar-refractivity contribution is 14.1. The number of rotatable bonds is 0. The van der Waals surface area contributed by atoms with Crippen LogP contribution in [0.25, 0.3) is 0 Å². The van der Waals surface area contributed by atoms with Crippen LogP contribution in [0.4, 0.5) is 11.6 Å². The third-order valence-electron chi connectivity index (χ3n) is 1.42. The quantitative estimate of drug-likeness (QED) is 0.575. The number of nitrogens with two attached hydrogens (primary N) is 2. The summed E-state index contributed by atoms with van der Waals surface area (Å²) in [4.78, 5) is 7.70. The van der Waals surface area contributed by atoms with Crippen molar-refractivity contribution in [2.75, 3.05) is 11.5 Å². The molecule has 0 spiro atoms. The van der Waals surface area contributed by atoms with E-state index >= 15 is 0 Å². The molecule has 4 N–H and O–H groups in total. The van der Waals surface area contributed by atoms with Gasteiger partial charge >= 0.3 is 0 Å². The molecule has 5 heteroatoms. The fourth-order valence-electron chi connectivity index (χ4n) is 0.800. The maximum atomic E-state index is 5.34. The second-order valence-corrected chi connectivity index (χ2v) is 3.75. The fraction of sp³-hybridized carbons (Fsp3) is 0. The molecule has 0 fully saturated rings. The molecule has 0 aliphatic heterocycles. The van der Waals surface area contributed by atoms with Gasteiger partial charge in [0.25, 0.3) is 0 Å². The van der Waals surface area contributed by atoms with Crippen molar-refractivity contribution in [1.29, 1.82) is 0 Å². The van der Waals surface area contributed by atoms with Crippen LogP contribution in [0.3, 0.4) is 0 Å². The maximum Gasteiger partial charge on any atom is 0.124 e.